The molecule has 0 unspecified atom stereocenters. The Kier molecular flexibility index (Phi) is 2.79. The molecule has 0 N–H and O–H groups in total. The SMILES string of the molecule is CCn1ccnc1CC[N+](=O)[O-]. The molecule has 0 radical (unpaired) electrons. The van der Waals surface area contributed by atoms with Crippen LogP contribution in [0.3, 0.4) is 0 Å². The molecule has 1 rings (SSSR count). The van der Waals surface area contributed by atoms with Gasteiger partial charge in [-0.25, -0.2) is 4.98 Å². The van der Waals surface area contributed by atoms with Crippen LogP contribution in [0.15, 0.2) is 12.4 Å². The standard InChI is InChI=1S/C7H11N3O2/c1-2-9-6-4-8-7(9)3-5-10(11)12/h4,6H,2-3,5H2,1H3. The number of nitro groups is 1. The molecule has 0 saturated carbocycles. The molecule has 0 bridgehead atoms. The zero-order valence-electron chi connectivity index (χ0n) is 6.93. The minimum absolute atomic E-state index is 0.0446. The summed E-state index contributed by atoms with van der Waals surface area (Å²) in [7, 11) is 0. The first kappa shape index (κ1) is 8.70. The summed E-state index contributed by atoms with van der Waals surface area (Å²) >= 11 is 0. The maximum atomic E-state index is 10.1. The summed E-state index contributed by atoms with van der Waals surface area (Å²) in [5.74, 6) is 0.786. The average molecular weight is 169 g/mol. The maximum Gasteiger partial charge on any atom is 0.210 e. The Bertz CT molecular complexity index is 269. The van der Waals surface area contributed by atoms with Crippen molar-refractivity contribution >= 4 is 0 Å². The highest BCUT2D eigenvalue weighted by Crippen LogP contribution is 1.97. The van der Waals surface area contributed by atoms with E-state index in [9.17, 15) is 10.1 Å². The van der Waals surface area contributed by atoms with Crippen molar-refractivity contribution in [3.8, 4) is 0 Å². The third-order valence-corrected chi connectivity index (χ3v) is 1.66. The van der Waals surface area contributed by atoms with Crippen molar-refractivity contribution in [1.82, 2.24) is 9.55 Å². The van der Waals surface area contributed by atoms with Crippen molar-refractivity contribution in [2.24, 2.45) is 0 Å². The molecular weight excluding hydrogens is 158 g/mol. The van der Waals surface area contributed by atoms with Crippen LogP contribution in [0, 0.1) is 10.1 Å². The van der Waals surface area contributed by atoms with E-state index in [1.165, 1.54) is 0 Å². The highest BCUT2D eigenvalue weighted by atomic mass is 16.6. The topological polar surface area (TPSA) is 61.0 Å². The van der Waals surface area contributed by atoms with E-state index in [0.29, 0.717) is 6.42 Å². The summed E-state index contributed by atoms with van der Waals surface area (Å²) in [5.41, 5.74) is 0. The number of hydrogen-bond acceptors (Lipinski definition) is 3. The number of imidazole rings is 1. The lowest BCUT2D eigenvalue weighted by atomic mass is 10.4. The first-order chi connectivity index (χ1) is 5.74. The molecule has 5 heteroatoms. The van der Waals surface area contributed by atoms with Gasteiger partial charge in [0.15, 0.2) is 0 Å². The molecular formula is C7H11N3O2. The number of nitrogens with zero attached hydrogens (tertiary/aromatic N) is 3. The third-order valence-electron chi connectivity index (χ3n) is 1.66. The van der Waals surface area contributed by atoms with Crippen LogP contribution in [0.4, 0.5) is 0 Å². The Morgan fingerprint density at radius 1 is 1.75 bits per heavy atom. The average Bonchev–Trinajstić information content (AvgIpc) is 2.47. The summed E-state index contributed by atoms with van der Waals surface area (Å²) in [6, 6.07) is 0. The predicted molar refractivity (Wildman–Crippen MR) is 43.5 cm³/mol. The molecule has 0 spiro atoms. The van der Waals surface area contributed by atoms with Crippen LogP contribution < -0.4 is 0 Å². The summed E-state index contributed by atoms with van der Waals surface area (Å²) in [5, 5.41) is 10.1. The largest absolute Gasteiger partial charge is 0.335 e. The van der Waals surface area contributed by atoms with Crippen molar-refractivity contribution in [2.45, 2.75) is 19.9 Å². The molecule has 1 aromatic heterocycles. The summed E-state index contributed by atoms with van der Waals surface area (Å²) in [6.07, 6.45) is 3.90. The van der Waals surface area contributed by atoms with Gasteiger partial charge in [0.2, 0.25) is 6.54 Å². The lowest BCUT2D eigenvalue weighted by Crippen LogP contribution is -2.09. The highest BCUT2D eigenvalue weighted by Gasteiger charge is 2.04. The quantitative estimate of drug-likeness (QED) is 0.493. The van der Waals surface area contributed by atoms with Crippen molar-refractivity contribution in [2.75, 3.05) is 6.54 Å². The molecule has 0 saturated heterocycles. The van der Waals surface area contributed by atoms with Crippen LogP contribution in [0.1, 0.15) is 12.7 Å². The molecule has 0 aliphatic rings. The van der Waals surface area contributed by atoms with Crippen LogP contribution in [0.2, 0.25) is 0 Å². The molecule has 0 amide bonds. The van der Waals surface area contributed by atoms with Crippen LogP contribution in [-0.2, 0) is 13.0 Å². The fraction of sp³-hybridized carbons (Fsp3) is 0.571. The van der Waals surface area contributed by atoms with Crippen molar-refractivity contribution in [3.63, 3.8) is 0 Å². The second-order valence-corrected chi connectivity index (χ2v) is 2.44. The van der Waals surface area contributed by atoms with E-state index in [2.05, 4.69) is 4.98 Å². The van der Waals surface area contributed by atoms with Crippen molar-refractivity contribution < 1.29 is 4.92 Å². The van der Waals surface area contributed by atoms with Gasteiger partial charge in [-0.1, -0.05) is 0 Å². The highest BCUT2D eigenvalue weighted by molar-refractivity contribution is 4.91. The molecule has 66 valence electrons. The zero-order chi connectivity index (χ0) is 8.97. The Labute approximate surface area is 70.2 Å². The lowest BCUT2D eigenvalue weighted by Gasteiger charge is -2.00. The molecule has 0 aliphatic heterocycles. The molecule has 0 atom stereocenters. The normalized spacial score (nSPS) is 10.1. The van der Waals surface area contributed by atoms with E-state index in [4.69, 9.17) is 0 Å². The number of hydrogen-bond donors (Lipinski definition) is 0. The van der Waals surface area contributed by atoms with Gasteiger partial charge < -0.3 is 4.57 Å². The zero-order valence-corrected chi connectivity index (χ0v) is 6.93. The third kappa shape index (κ3) is 2.05. The van der Waals surface area contributed by atoms with Gasteiger partial charge in [-0.05, 0) is 6.92 Å². The molecule has 5 nitrogen and oxygen atoms in total. The summed E-state index contributed by atoms with van der Waals surface area (Å²) in [4.78, 5) is 13.8. The smallest absolute Gasteiger partial charge is 0.210 e. The van der Waals surface area contributed by atoms with Gasteiger partial charge in [0.1, 0.15) is 5.82 Å². The van der Waals surface area contributed by atoms with E-state index in [0.717, 1.165) is 12.4 Å². The van der Waals surface area contributed by atoms with E-state index < -0.39 is 0 Å². The molecule has 1 aromatic rings. The van der Waals surface area contributed by atoms with Gasteiger partial charge in [-0.2, -0.15) is 0 Å². The van der Waals surface area contributed by atoms with Gasteiger partial charge in [0.25, 0.3) is 0 Å². The van der Waals surface area contributed by atoms with Gasteiger partial charge in [0, 0.05) is 23.9 Å². The van der Waals surface area contributed by atoms with Crippen molar-refractivity contribution in [1.29, 1.82) is 0 Å². The molecule has 1 heterocycles. The van der Waals surface area contributed by atoms with Crippen LogP contribution in [0.5, 0.6) is 0 Å². The molecule has 12 heavy (non-hydrogen) atoms. The fourth-order valence-corrected chi connectivity index (χ4v) is 1.05. The number of rotatable bonds is 4. The Morgan fingerprint density at radius 2 is 2.50 bits per heavy atom. The first-order valence-corrected chi connectivity index (χ1v) is 3.86. The minimum atomic E-state index is -0.325. The summed E-state index contributed by atoms with van der Waals surface area (Å²) in [6.45, 7) is 2.75. The van der Waals surface area contributed by atoms with Gasteiger partial charge in [-0.3, -0.25) is 10.1 Å². The Hall–Kier alpha value is -1.39. The van der Waals surface area contributed by atoms with Crippen LogP contribution in [-0.4, -0.2) is 21.0 Å². The number of aryl methyl sites for hydroxylation is 1. The first-order valence-electron chi connectivity index (χ1n) is 3.86. The minimum Gasteiger partial charge on any atom is -0.335 e. The van der Waals surface area contributed by atoms with Crippen LogP contribution >= 0.6 is 0 Å². The van der Waals surface area contributed by atoms with Gasteiger partial charge >= 0.3 is 0 Å². The monoisotopic (exact) mass is 169 g/mol. The van der Waals surface area contributed by atoms with E-state index in [-0.39, 0.29) is 11.5 Å². The Balaban J connectivity index is 2.56. The van der Waals surface area contributed by atoms with Crippen LogP contribution in [0.25, 0.3) is 0 Å². The molecule has 0 aromatic carbocycles. The van der Waals surface area contributed by atoms with E-state index >= 15 is 0 Å². The Morgan fingerprint density at radius 3 is 3.08 bits per heavy atom. The van der Waals surface area contributed by atoms with E-state index in [1.54, 1.807) is 6.20 Å². The second kappa shape index (κ2) is 3.85. The second-order valence-electron chi connectivity index (χ2n) is 2.44. The van der Waals surface area contributed by atoms with E-state index in [1.807, 2.05) is 17.7 Å². The molecule has 0 aliphatic carbocycles. The maximum absolute atomic E-state index is 10.1. The summed E-state index contributed by atoms with van der Waals surface area (Å²) < 4.78 is 1.91. The van der Waals surface area contributed by atoms with Crippen molar-refractivity contribution in [3.05, 3.63) is 28.3 Å². The predicted octanol–water partition coefficient (Wildman–Crippen LogP) is 0.722. The lowest BCUT2D eigenvalue weighted by molar-refractivity contribution is -0.479. The number of aromatic nitrogens is 2. The molecule has 0 fully saturated rings. The van der Waals surface area contributed by atoms with Gasteiger partial charge in [0.05, 0.1) is 6.42 Å². The fourth-order valence-electron chi connectivity index (χ4n) is 1.05. The van der Waals surface area contributed by atoms with Gasteiger partial charge in [-0.15, -0.1) is 0 Å².